The zero-order valence-electron chi connectivity index (χ0n) is 27.8. The molecular weight excluding hydrogens is 623 g/mol. The van der Waals surface area contributed by atoms with Gasteiger partial charge in [0.25, 0.3) is 0 Å². The molecule has 4 fully saturated rings. The van der Waals surface area contributed by atoms with Gasteiger partial charge in [0.15, 0.2) is 12.6 Å². The summed E-state index contributed by atoms with van der Waals surface area (Å²) in [6, 6.07) is 14.7. The molecule has 2 saturated heterocycles. The fourth-order valence-electron chi connectivity index (χ4n) is 9.46. The van der Waals surface area contributed by atoms with E-state index in [-0.39, 0.29) is 43.2 Å². The Labute approximate surface area is 281 Å². The lowest BCUT2D eigenvalue weighted by Gasteiger charge is -2.54. The molecule has 0 spiro atoms. The van der Waals surface area contributed by atoms with E-state index in [4.69, 9.17) is 23.7 Å². The van der Waals surface area contributed by atoms with Crippen LogP contribution in [0, 0.1) is 17.3 Å². The van der Waals surface area contributed by atoms with E-state index < -0.39 is 12.1 Å². The molecule has 0 radical (unpaired) electrons. The highest BCUT2D eigenvalue weighted by Crippen LogP contribution is 2.66. The van der Waals surface area contributed by atoms with E-state index in [1.165, 1.54) is 16.7 Å². The number of halogens is 3. The molecule has 0 aromatic heterocycles. The van der Waals surface area contributed by atoms with Gasteiger partial charge in [0.1, 0.15) is 18.1 Å². The molecule has 48 heavy (non-hydrogen) atoms. The first-order valence-electron chi connectivity index (χ1n) is 17.9. The maximum absolute atomic E-state index is 12.5. The van der Waals surface area contributed by atoms with E-state index in [1.54, 1.807) is 0 Å². The van der Waals surface area contributed by atoms with Gasteiger partial charge in [-0.05, 0) is 134 Å². The van der Waals surface area contributed by atoms with Crippen molar-refractivity contribution >= 4 is 5.91 Å². The van der Waals surface area contributed by atoms with E-state index >= 15 is 0 Å². The fraction of sp³-hybridized carbons (Fsp3) is 0.658. The van der Waals surface area contributed by atoms with E-state index in [9.17, 15) is 18.0 Å². The molecular formula is C38H48F3NO6. The Morgan fingerprint density at radius 2 is 1.65 bits per heavy atom. The quantitative estimate of drug-likeness (QED) is 0.274. The highest BCUT2D eigenvalue weighted by molar-refractivity contribution is 5.81. The third-order valence-corrected chi connectivity index (χ3v) is 11.7. The molecule has 10 heteroatoms. The van der Waals surface area contributed by atoms with E-state index in [0.717, 1.165) is 89.6 Å². The SMILES string of the molecule is C[C@]12C[C@H](c3ccc(OCCNC(=O)C(F)(F)F)cc3)[C@@H]3c4ccc(OC5CCCCO5)cc4CC[C@H]3[C@@H]1CC[C@@H]2OC1CCCCO1. The number of carbonyl (C=O) groups excluding carboxylic acids is 1. The van der Waals surface area contributed by atoms with Crippen molar-refractivity contribution in [2.45, 2.75) is 114 Å². The van der Waals surface area contributed by atoms with Crippen LogP contribution in [-0.2, 0) is 25.4 Å². The number of benzene rings is 2. The van der Waals surface area contributed by atoms with E-state index in [0.29, 0.717) is 23.5 Å². The Morgan fingerprint density at radius 3 is 2.35 bits per heavy atom. The van der Waals surface area contributed by atoms with Gasteiger partial charge in [0.05, 0.1) is 19.3 Å². The molecule has 8 atom stereocenters. The summed E-state index contributed by atoms with van der Waals surface area (Å²) in [5, 5.41) is 1.86. The predicted octanol–water partition coefficient (Wildman–Crippen LogP) is 7.81. The summed E-state index contributed by atoms with van der Waals surface area (Å²) in [5.41, 5.74) is 4.01. The minimum absolute atomic E-state index is 0.0113. The first-order chi connectivity index (χ1) is 23.2. The highest BCUT2D eigenvalue weighted by atomic mass is 19.4. The summed E-state index contributed by atoms with van der Waals surface area (Å²) in [6.07, 6.45) is 6.61. The number of amides is 1. The van der Waals surface area contributed by atoms with Crippen LogP contribution in [0.3, 0.4) is 0 Å². The first-order valence-corrected chi connectivity index (χ1v) is 17.9. The van der Waals surface area contributed by atoms with Crippen LogP contribution in [0.4, 0.5) is 13.2 Å². The van der Waals surface area contributed by atoms with E-state index in [1.807, 2.05) is 17.4 Å². The van der Waals surface area contributed by atoms with Crippen molar-refractivity contribution in [2.24, 2.45) is 17.3 Å². The topological polar surface area (TPSA) is 75.3 Å². The molecule has 2 unspecified atom stereocenters. The zero-order valence-corrected chi connectivity index (χ0v) is 27.8. The van der Waals surface area contributed by atoms with Gasteiger partial charge in [0, 0.05) is 13.0 Å². The van der Waals surface area contributed by atoms with Crippen LogP contribution in [0.15, 0.2) is 42.5 Å². The number of ether oxygens (including phenoxy) is 5. The molecule has 1 amide bonds. The second-order valence-corrected chi connectivity index (χ2v) is 14.6. The molecule has 262 valence electrons. The molecule has 7 rings (SSSR count). The van der Waals surface area contributed by atoms with Gasteiger partial charge in [-0.25, -0.2) is 0 Å². The third-order valence-electron chi connectivity index (χ3n) is 11.7. The summed E-state index contributed by atoms with van der Waals surface area (Å²) < 4.78 is 68.2. The molecule has 3 aliphatic carbocycles. The lowest BCUT2D eigenvalue weighted by atomic mass is 9.51. The van der Waals surface area contributed by atoms with Crippen LogP contribution >= 0.6 is 0 Å². The molecule has 0 bridgehead atoms. The van der Waals surface area contributed by atoms with Gasteiger partial charge < -0.3 is 29.0 Å². The molecule has 2 aromatic carbocycles. The van der Waals surface area contributed by atoms with Crippen LogP contribution < -0.4 is 14.8 Å². The van der Waals surface area contributed by atoms with Gasteiger partial charge in [-0.1, -0.05) is 25.1 Å². The average Bonchev–Trinajstić information content (AvgIpc) is 3.42. The molecule has 2 heterocycles. The Morgan fingerprint density at radius 1 is 0.917 bits per heavy atom. The fourth-order valence-corrected chi connectivity index (χ4v) is 9.46. The normalized spacial score (nSPS) is 33.2. The lowest BCUT2D eigenvalue weighted by Crippen LogP contribution is -2.48. The largest absolute Gasteiger partial charge is 0.492 e. The molecule has 2 saturated carbocycles. The minimum Gasteiger partial charge on any atom is -0.492 e. The number of nitrogens with one attached hydrogen (secondary N) is 1. The number of fused-ring (bicyclic) bond motifs is 5. The van der Waals surface area contributed by atoms with E-state index in [2.05, 4.69) is 37.3 Å². The van der Waals surface area contributed by atoms with Crippen molar-refractivity contribution in [3.63, 3.8) is 0 Å². The maximum Gasteiger partial charge on any atom is 0.471 e. The monoisotopic (exact) mass is 671 g/mol. The van der Waals surface area contributed by atoms with Crippen LogP contribution in [-0.4, -0.2) is 57.1 Å². The molecule has 2 aromatic rings. The van der Waals surface area contributed by atoms with Gasteiger partial charge >= 0.3 is 12.1 Å². The molecule has 2 aliphatic heterocycles. The van der Waals surface area contributed by atoms with Crippen molar-refractivity contribution < 1.29 is 41.7 Å². The first kappa shape index (κ1) is 33.7. The maximum atomic E-state index is 12.5. The lowest BCUT2D eigenvalue weighted by molar-refractivity contribution is -0.213. The summed E-state index contributed by atoms with van der Waals surface area (Å²) >= 11 is 0. The number of alkyl halides is 3. The van der Waals surface area contributed by atoms with Gasteiger partial charge in [-0.15, -0.1) is 0 Å². The van der Waals surface area contributed by atoms with Crippen molar-refractivity contribution in [1.29, 1.82) is 0 Å². The number of aryl methyl sites for hydroxylation is 1. The number of carbonyl (C=O) groups is 1. The van der Waals surface area contributed by atoms with Gasteiger partial charge in [0.2, 0.25) is 0 Å². The van der Waals surface area contributed by atoms with Crippen LogP contribution in [0.25, 0.3) is 0 Å². The Hall–Kier alpha value is -2.82. The van der Waals surface area contributed by atoms with Crippen LogP contribution in [0.2, 0.25) is 0 Å². The summed E-state index contributed by atoms with van der Waals surface area (Å²) in [7, 11) is 0. The molecule has 7 nitrogen and oxygen atoms in total. The van der Waals surface area contributed by atoms with Gasteiger partial charge in [-0.3, -0.25) is 4.79 Å². The summed E-state index contributed by atoms with van der Waals surface area (Å²) in [6.45, 7) is 3.68. The molecule has 1 N–H and O–H groups in total. The third kappa shape index (κ3) is 7.08. The number of hydrogen-bond acceptors (Lipinski definition) is 6. The Balaban J connectivity index is 1.13. The minimum atomic E-state index is -4.90. The van der Waals surface area contributed by atoms with Crippen LogP contribution in [0.1, 0.15) is 99.7 Å². The second-order valence-electron chi connectivity index (χ2n) is 14.6. The average molecular weight is 672 g/mol. The summed E-state index contributed by atoms with van der Waals surface area (Å²) in [4.78, 5) is 11.1. The predicted molar refractivity (Wildman–Crippen MR) is 173 cm³/mol. The highest BCUT2D eigenvalue weighted by Gasteiger charge is 2.59. The second kappa shape index (κ2) is 14.2. The number of rotatable bonds is 9. The zero-order chi connectivity index (χ0) is 33.3. The number of hydrogen-bond donors (Lipinski definition) is 1. The van der Waals surface area contributed by atoms with Crippen molar-refractivity contribution in [2.75, 3.05) is 26.4 Å². The standard InChI is InChI=1S/C38H48F3NO6/c1-37-23-30(24-8-11-26(12-9-24)44-21-18-42-36(43)38(39,40)41)35-28-15-13-27(47-33-6-2-4-19-45-33)22-25(28)10-14-29(35)31(37)16-17-32(37)48-34-7-3-5-20-46-34/h8-9,11-13,15,22,29-35H,2-7,10,14,16-21,23H2,1H3,(H,42,43)/t29-,30+,31-,32-,33?,34?,35+,37-/m0/s1. The van der Waals surface area contributed by atoms with Crippen molar-refractivity contribution in [1.82, 2.24) is 5.32 Å². The Bertz CT molecular complexity index is 1410. The van der Waals surface area contributed by atoms with Crippen LogP contribution in [0.5, 0.6) is 11.5 Å². The van der Waals surface area contributed by atoms with Gasteiger partial charge in [-0.2, -0.15) is 13.2 Å². The molecule has 5 aliphatic rings. The summed E-state index contributed by atoms with van der Waals surface area (Å²) in [5.74, 6) is 1.15. The van der Waals surface area contributed by atoms with Crippen molar-refractivity contribution in [3.8, 4) is 11.5 Å². The Kier molecular flexibility index (Phi) is 9.96. The van der Waals surface area contributed by atoms with Crippen molar-refractivity contribution in [3.05, 3.63) is 59.2 Å². The smallest absolute Gasteiger partial charge is 0.471 e.